The molecule has 0 saturated carbocycles. The number of halogens is 1. The third-order valence-electron chi connectivity index (χ3n) is 6.14. The molecule has 1 saturated heterocycles. The number of piperidine rings is 1. The number of rotatable bonds is 6. The Morgan fingerprint density at radius 2 is 1.91 bits per heavy atom. The van der Waals surface area contributed by atoms with Gasteiger partial charge in [0.1, 0.15) is 12.4 Å². The first-order valence-electron chi connectivity index (χ1n) is 11.2. The summed E-state index contributed by atoms with van der Waals surface area (Å²) in [5, 5.41) is 3.68. The molecule has 2 unspecified atom stereocenters. The molecule has 6 nitrogen and oxygen atoms in total. The average Bonchev–Trinajstić information content (AvgIpc) is 3.14. The number of carbonyl (C=O) groups excluding carboxylic acids is 2. The van der Waals surface area contributed by atoms with Crippen LogP contribution in [0.15, 0.2) is 48.5 Å². The highest BCUT2D eigenvalue weighted by Gasteiger charge is 2.26. The zero-order chi connectivity index (χ0) is 22.7. The number of nitrogens with zero attached hydrogens (tertiary/aromatic N) is 3. The molecule has 1 N–H and O–H groups in total. The Bertz CT molecular complexity index is 1110. The standard InChI is InChI=1S/C25H29ClN4O2/c1-17-7-5-6-14-29(17)24(32)16-30-22-9-4-3-8-21(22)28-25(30)18(2)27-23(31)15-19-10-12-20(26)13-11-19/h3-4,8-13,17-18H,5-7,14-16H2,1-2H3,(H,27,31). The maximum atomic E-state index is 13.2. The highest BCUT2D eigenvalue weighted by Crippen LogP contribution is 2.23. The minimum atomic E-state index is -0.339. The smallest absolute Gasteiger partial charge is 0.242 e. The van der Waals surface area contributed by atoms with E-state index in [-0.39, 0.29) is 36.9 Å². The largest absolute Gasteiger partial charge is 0.346 e. The predicted octanol–water partition coefficient (Wildman–Crippen LogP) is 4.51. The van der Waals surface area contributed by atoms with Crippen LogP contribution >= 0.6 is 11.6 Å². The summed E-state index contributed by atoms with van der Waals surface area (Å²) in [4.78, 5) is 32.6. The van der Waals surface area contributed by atoms with Gasteiger partial charge in [0.15, 0.2) is 0 Å². The van der Waals surface area contributed by atoms with Gasteiger partial charge in [0.2, 0.25) is 11.8 Å². The van der Waals surface area contributed by atoms with Gasteiger partial charge in [-0.05, 0) is 62.9 Å². The quantitative estimate of drug-likeness (QED) is 0.598. The molecule has 2 aromatic carbocycles. The molecule has 2 heterocycles. The Morgan fingerprint density at radius 1 is 1.16 bits per heavy atom. The maximum Gasteiger partial charge on any atom is 0.242 e. The number of carbonyl (C=O) groups is 2. The fourth-order valence-corrected chi connectivity index (χ4v) is 4.56. The van der Waals surface area contributed by atoms with Gasteiger partial charge in [0.25, 0.3) is 0 Å². The summed E-state index contributed by atoms with van der Waals surface area (Å²) in [6.45, 7) is 5.04. The molecule has 3 aromatic rings. The second-order valence-corrected chi connectivity index (χ2v) is 9.01. The Morgan fingerprint density at radius 3 is 2.66 bits per heavy atom. The van der Waals surface area contributed by atoms with E-state index in [2.05, 4.69) is 12.2 Å². The topological polar surface area (TPSA) is 67.2 Å². The van der Waals surface area contributed by atoms with E-state index in [9.17, 15) is 9.59 Å². The van der Waals surface area contributed by atoms with Gasteiger partial charge in [-0.3, -0.25) is 9.59 Å². The lowest BCUT2D eigenvalue weighted by molar-refractivity contribution is -0.135. The van der Waals surface area contributed by atoms with Gasteiger partial charge < -0.3 is 14.8 Å². The molecular formula is C25H29ClN4O2. The van der Waals surface area contributed by atoms with E-state index in [0.717, 1.165) is 36.0 Å². The first-order chi connectivity index (χ1) is 15.4. The van der Waals surface area contributed by atoms with Gasteiger partial charge in [0, 0.05) is 17.6 Å². The summed E-state index contributed by atoms with van der Waals surface area (Å²) >= 11 is 5.93. The van der Waals surface area contributed by atoms with Crippen LogP contribution in [0.3, 0.4) is 0 Å². The van der Waals surface area contributed by atoms with Crippen LogP contribution in [-0.2, 0) is 22.6 Å². The minimum absolute atomic E-state index is 0.0984. The van der Waals surface area contributed by atoms with Crippen LogP contribution in [0.1, 0.15) is 50.5 Å². The van der Waals surface area contributed by atoms with E-state index in [1.165, 1.54) is 6.42 Å². The van der Waals surface area contributed by atoms with Crippen molar-refractivity contribution in [2.24, 2.45) is 0 Å². The number of amides is 2. The van der Waals surface area contributed by atoms with E-state index in [1.807, 2.05) is 52.8 Å². The van der Waals surface area contributed by atoms with E-state index in [4.69, 9.17) is 16.6 Å². The summed E-state index contributed by atoms with van der Waals surface area (Å²) in [7, 11) is 0. The number of hydrogen-bond acceptors (Lipinski definition) is 3. The molecule has 2 amide bonds. The zero-order valence-corrected chi connectivity index (χ0v) is 19.3. The van der Waals surface area contributed by atoms with Crippen LogP contribution in [0.25, 0.3) is 11.0 Å². The minimum Gasteiger partial charge on any atom is -0.346 e. The average molecular weight is 453 g/mol. The molecule has 1 aromatic heterocycles. The molecule has 2 atom stereocenters. The monoisotopic (exact) mass is 452 g/mol. The van der Waals surface area contributed by atoms with Gasteiger partial charge in [0.05, 0.1) is 23.5 Å². The molecule has 168 valence electrons. The SMILES string of the molecule is CC(NC(=O)Cc1ccc(Cl)cc1)c1nc2ccccc2n1CC(=O)N1CCCCC1C. The van der Waals surface area contributed by atoms with Crippen molar-refractivity contribution in [1.82, 2.24) is 19.8 Å². The van der Waals surface area contributed by atoms with Crippen LogP contribution < -0.4 is 5.32 Å². The highest BCUT2D eigenvalue weighted by atomic mass is 35.5. The number of hydrogen-bond donors (Lipinski definition) is 1. The number of benzene rings is 2. The Labute approximate surface area is 193 Å². The van der Waals surface area contributed by atoms with Crippen molar-refractivity contribution in [2.75, 3.05) is 6.54 Å². The summed E-state index contributed by atoms with van der Waals surface area (Å²) in [6, 6.07) is 15.0. The molecule has 0 radical (unpaired) electrons. The molecule has 0 aliphatic carbocycles. The number of para-hydroxylation sites is 2. The molecule has 1 aliphatic heterocycles. The second-order valence-electron chi connectivity index (χ2n) is 8.57. The lowest BCUT2D eigenvalue weighted by Crippen LogP contribution is -2.44. The van der Waals surface area contributed by atoms with E-state index < -0.39 is 0 Å². The second kappa shape index (κ2) is 9.74. The van der Waals surface area contributed by atoms with Crippen LogP contribution in [0.5, 0.6) is 0 Å². The highest BCUT2D eigenvalue weighted by molar-refractivity contribution is 6.30. The lowest BCUT2D eigenvalue weighted by atomic mass is 10.0. The fraction of sp³-hybridized carbons (Fsp3) is 0.400. The zero-order valence-electron chi connectivity index (χ0n) is 18.6. The first kappa shape index (κ1) is 22.3. The molecular weight excluding hydrogens is 424 g/mol. The van der Waals surface area contributed by atoms with Crippen LogP contribution in [0.4, 0.5) is 0 Å². The van der Waals surface area contributed by atoms with Gasteiger partial charge in [-0.25, -0.2) is 4.98 Å². The van der Waals surface area contributed by atoms with E-state index in [1.54, 1.807) is 12.1 Å². The van der Waals surface area contributed by atoms with Crippen molar-refractivity contribution < 1.29 is 9.59 Å². The predicted molar refractivity (Wildman–Crippen MR) is 126 cm³/mol. The maximum absolute atomic E-state index is 13.2. The van der Waals surface area contributed by atoms with Crippen molar-refractivity contribution in [3.05, 3.63) is 64.9 Å². The Kier molecular flexibility index (Phi) is 6.80. The molecule has 1 fully saturated rings. The number of nitrogens with one attached hydrogen (secondary N) is 1. The molecule has 1 aliphatic rings. The van der Waals surface area contributed by atoms with E-state index >= 15 is 0 Å². The third kappa shape index (κ3) is 4.96. The van der Waals surface area contributed by atoms with Gasteiger partial charge >= 0.3 is 0 Å². The molecule has 7 heteroatoms. The van der Waals surface area contributed by atoms with Crippen LogP contribution in [0.2, 0.25) is 5.02 Å². The Hall–Kier alpha value is -2.86. The fourth-order valence-electron chi connectivity index (χ4n) is 4.43. The molecule has 0 bridgehead atoms. The first-order valence-corrected chi connectivity index (χ1v) is 11.6. The van der Waals surface area contributed by atoms with Crippen molar-refractivity contribution in [3.8, 4) is 0 Å². The number of likely N-dealkylation sites (tertiary alicyclic amines) is 1. The van der Waals surface area contributed by atoms with Crippen molar-refractivity contribution >= 4 is 34.4 Å². The molecule has 32 heavy (non-hydrogen) atoms. The lowest BCUT2D eigenvalue weighted by Gasteiger charge is -2.33. The van der Waals surface area contributed by atoms with Gasteiger partial charge in [-0.2, -0.15) is 0 Å². The molecule has 0 spiro atoms. The number of aromatic nitrogens is 2. The van der Waals surface area contributed by atoms with Gasteiger partial charge in [-0.1, -0.05) is 35.9 Å². The normalized spacial score (nSPS) is 17.3. The third-order valence-corrected chi connectivity index (χ3v) is 6.40. The summed E-state index contributed by atoms with van der Waals surface area (Å²) < 4.78 is 1.95. The molecule has 4 rings (SSSR count). The summed E-state index contributed by atoms with van der Waals surface area (Å²) in [6.07, 6.45) is 3.51. The van der Waals surface area contributed by atoms with Gasteiger partial charge in [-0.15, -0.1) is 0 Å². The summed E-state index contributed by atoms with van der Waals surface area (Å²) in [5.74, 6) is 0.685. The van der Waals surface area contributed by atoms with Crippen molar-refractivity contribution in [1.29, 1.82) is 0 Å². The number of imidazole rings is 1. The summed E-state index contributed by atoms with van der Waals surface area (Å²) in [5.41, 5.74) is 2.61. The number of fused-ring (bicyclic) bond motifs is 1. The van der Waals surface area contributed by atoms with Crippen molar-refractivity contribution in [3.63, 3.8) is 0 Å². The Balaban J connectivity index is 1.54. The van der Waals surface area contributed by atoms with Crippen molar-refractivity contribution in [2.45, 2.75) is 58.2 Å². The van der Waals surface area contributed by atoms with Crippen LogP contribution in [0, 0.1) is 0 Å². The van der Waals surface area contributed by atoms with E-state index in [0.29, 0.717) is 10.8 Å². The van der Waals surface area contributed by atoms with Crippen LogP contribution in [-0.4, -0.2) is 38.9 Å².